The molecule has 1 N–H and O–H groups in total. The molecule has 0 atom stereocenters. The maximum absolute atomic E-state index is 9.06. The zero-order valence-electron chi connectivity index (χ0n) is 11.3. The van der Waals surface area contributed by atoms with Crippen molar-refractivity contribution < 1.29 is 5.11 Å². The number of benzene rings is 1. The fourth-order valence-electron chi connectivity index (χ4n) is 1.73. The van der Waals surface area contributed by atoms with Crippen molar-refractivity contribution in [1.82, 2.24) is 14.8 Å². The van der Waals surface area contributed by atoms with Gasteiger partial charge in [-0.3, -0.25) is 0 Å². The molecular formula is C15H19N3O. The van der Waals surface area contributed by atoms with Crippen LogP contribution >= 0.6 is 0 Å². The van der Waals surface area contributed by atoms with Crippen LogP contribution in [0.4, 0.5) is 0 Å². The van der Waals surface area contributed by atoms with Gasteiger partial charge in [-0.25, -0.2) is 9.67 Å². The standard InChI is InChI=1S/C15H19N3O/c1-12(2)15-16-14(18(17-15)10-11-19)9-8-13-6-4-3-5-7-13/h3-9,12,19H,10-11H2,1-2H3. The minimum absolute atomic E-state index is 0.0626. The molecule has 0 aliphatic heterocycles. The molecule has 1 aromatic heterocycles. The van der Waals surface area contributed by atoms with Crippen LogP contribution in [0.5, 0.6) is 0 Å². The van der Waals surface area contributed by atoms with Crippen molar-refractivity contribution in [2.45, 2.75) is 26.3 Å². The SMILES string of the molecule is CC(C)c1nc(C=Cc2ccccc2)n(CCO)n1. The van der Waals surface area contributed by atoms with E-state index in [-0.39, 0.29) is 12.5 Å². The Labute approximate surface area is 113 Å². The van der Waals surface area contributed by atoms with Gasteiger partial charge in [-0.05, 0) is 11.6 Å². The number of rotatable bonds is 5. The third-order valence-corrected chi connectivity index (χ3v) is 2.77. The van der Waals surface area contributed by atoms with Crippen LogP contribution < -0.4 is 0 Å². The zero-order valence-corrected chi connectivity index (χ0v) is 11.3. The number of hydrogen-bond acceptors (Lipinski definition) is 3. The first-order chi connectivity index (χ1) is 9.20. The quantitative estimate of drug-likeness (QED) is 0.895. The van der Waals surface area contributed by atoms with E-state index < -0.39 is 0 Å². The molecule has 0 bridgehead atoms. The topological polar surface area (TPSA) is 50.9 Å². The van der Waals surface area contributed by atoms with Crippen molar-refractivity contribution in [3.8, 4) is 0 Å². The van der Waals surface area contributed by atoms with Crippen LogP contribution in [-0.4, -0.2) is 26.5 Å². The van der Waals surface area contributed by atoms with Crippen molar-refractivity contribution in [3.63, 3.8) is 0 Å². The average molecular weight is 257 g/mol. The minimum Gasteiger partial charge on any atom is -0.394 e. The van der Waals surface area contributed by atoms with Crippen LogP contribution in [0.15, 0.2) is 30.3 Å². The summed E-state index contributed by atoms with van der Waals surface area (Å²) in [5.41, 5.74) is 1.12. The molecule has 100 valence electrons. The highest BCUT2D eigenvalue weighted by molar-refractivity contribution is 5.66. The summed E-state index contributed by atoms with van der Waals surface area (Å²) in [4.78, 5) is 4.50. The van der Waals surface area contributed by atoms with Gasteiger partial charge in [0.1, 0.15) is 0 Å². The van der Waals surface area contributed by atoms with Crippen LogP contribution in [0.25, 0.3) is 12.2 Å². The van der Waals surface area contributed by atoms with Gasteiger partial charge < -0.3 is 5.11 Å². The van der Waals surface area contributed by atoms with Gasteiger partial charge in [0.05, 0.1) is 13.2 Å². The Balaban J connectivity index is 2.25. The Morgan fingerprint density at radius 2 is 1.95 bits per heavy atom. The third kappa shape index (κ3) is 3.51. The third-order valence-electron chi connectivity index (χ3n) is 2.77. The fraction of sp³-hybridized carbons (Fsp3) is 0.333. The lowest BCUT2D eigenvalue weighted by Gasteiger charge is -1.99. The molecule has 0 saturated carbocycles. The molecule has 0 amide bonds. The summed E-state index contributed by atoms with van der Waals surface area (Å²) in [5.74, 6) is 1.87. The summed E-state index contributed by atoms with van der Waals surface area (Å²) in [5, 5.41) is 13.5. The van der Waals surface area contributed by atoms with Gasteiger partial charge in [0.25, 0.3) is 0 Å². The number of aromatic nitrogens is 3. The van der Waals surface area contributed by atoms with E-state index in [1.807, 2.05) is 42.5 Å². The summed E-state index contributed by atoms with van der Waals surface area (Å²) in [7, 11) is 0. The van der Waals surface area contributed by atoms with E-state index in [1.54, 1.807) is 4.68 Å². The lowest BCUT2D eigenvalue weighted by atomic mass is 10.2. The summed E-state index contributed by atoms with van der Waals surface area (Å²) in [6, 6.07) is 10.1. The van der Waals surface area contributed by atoms with Crippen LogP contribution in [-0.2, 0) is 6.54 Å². The van der Waals surface area contributed by atoms with Gasteiger partial charge in [-0.15, -0.1) is 0 Å². The lowest BCUT2D eigenvalue weighted by Crippen LogP contribution is -2.06. The molecule has 1 aromatic carbocycles. The molecule has 0 aliphatic carbocycles. The maximum Gasteiger partial charge on any atom is 0.153 e. The van der Waals surface area contributed by atoms with Gasteiger partial charge in [-0.2, -0.15) is 5.10 Å². The molecule has 0 unspecified atom stereocenters. The van der Waals surface area contributed by atoms with Gasteiger partial charge in [0.2, 0.25) is 0 Å². The second-order valence-corrected chi connectivity index (χ2v) is 4.67. The zero-order chi connectivity index (χ0) is 13.7. The average Bonchev–Trinajstić information content (AvgIpc) is 2.82. The van der Waals surface area contributed by atoms with Crippen molar-refractivity contribution >= 4 is 12.2 Å². The van der Waals surface area contributed by atoms with Crippen LogP contribution in [0, 0.1) is 0 Å². The van der Waals surface area contributed by atoms with Crippen molar-refractivity contribution in [3.05, 3.63) is 47.5 Å². The molecule has 0 fully saturated rings. The largest absolute Gasteiger partial charge is 0.394 e. The summed E-state index contributed by atoms with van der Waals surface area (Å²) in [6.45, 7) is 4.65. The van der Waals surface area contributed by atoms with E-state index in [0.717, 1.165) is 17.2 Å². The van der Waals surface area contributed by atoms with E-state index >= 15 is 0 Å². The molecule has 19 heavy (non-hydrogen) atoms. The molecular weight excluding hydrogens is 238 g/mol. The Hall–Kier alpha value is -1.94. The van der Waals surface area contributed by atoms with Crippen LogP contribution in [0.2, 0.25) is 0 Å². The maximum atomic E-state index is 9.06. The van der Waals surface area contributed by atoms with E-state index in [2.05, 4.69) is 23.9 Å². The second kappa shape index (κ2) is 6.29. The Morgan fingerprint density at radius 3 is 2.58 bits per heavy atom. The molecule has 4 nitrogen and oxygen atoms in total. The summed E-state index contributed by atoms with van der Waals surface area (Å²) >= 11 is 0. The molecule has 2 aromatic rings. The molecule has 2 rings (SSSR count). The number of aliphatic hydroxyl groups is 1. The summed E-state index contributed by atoms with van der Waals surface area (Å²) in [6.07, 6.45) is 3.94. The van der Waals surface area contributed by atoms with Gasteiger partial charge in [0, 0.05) is 5.92 Å². The first-order valence-electron chi connectivity index (χ1n) is 6.49. The predicted octanol–water partition coefficient (Wildman–Crippen LogP) is 2.56. The van der Waals surface area contributed by atoms with E-state index in [1.165, 1.54) is 0 Å². The Morgan fingerprint density at radius 1 is 1.21 bits per heavy atom. The Kier molecular flexibility index (Phi) is 4.47. The van der Waals surface area contributed by atoms with E-state index in [9.17, 15) is 0 Å². The number of nitrogens with zero attached hydrogens (tertiary/aromatic N) is 3. The van der Waals surface area contributed by atoms with Crippen molar-refractivity contribution in [2.75, 3.05) is 6.61 Å². The lowest BCUT2D eigenvalue weighted by molar-refractivity contribution is 0.268. The van der Waals surface area contributed by atoms with E-state index in [4.69, 9.17) is 5.11 Å². The Bertz CT molecular complexity index is 544. The van der Waals surface area contributed by atoms with Gasteiger partial charge >= 0.3 is 0 Å². The second-order valence-electron chi connectivity index (χ2n) is 4.67. The van der Waals surface area contributed by atoms with Crippen LogP contribution in [0.1, 0.15) is 37.0 Å². The molecule has 0 saturated heterocycles. The highest BCUT2D eigenvalue weighted by atomic mass is 16.3. The monoisotopic (exact) mass is 257 g/mol. The van der Waals surface area contributed by atoms with Crippen molar-refractivity contribution in [2.24, 2.45) is 0 Å². The van der Waals surface area contributed by atoms with Gasteiger partial charge in [0.15, 0.2) is 11.6 Å². The molecule has 4 heteroatoms. The van der Waals surface area contributed by atoms with E-state index in [0.29, 0.717) is 6.54 Å². The minimum atomic E-state index is 0.0626. The molecule has 0 aliphatic rings. The predicted molar refractivity (Wildman–Crippen MR) is 76.6 cm³/mol. The van der Waals surface area contributed by atoms with Gasteiger partial charge in [-0.1, -0.05) is 50.3 Å². The molecule has 1 heterocycles. The van der Waals surface area contributed by atoms with Crippen LogP contribution in [0.3, 0.4) is 0 Å². The molecule has 0 radical (unpaired) electrons. The normalized spacial score (nSPS) is 11.6. The number of hydrogen-bond donors (Lipinski definition) is 1. The first-order valence-corrected chi connectivity index (χ1v) is 6.49. The number of aliphatic hydroxyl groups excluding tert-OH is 1. The fourth-order valence-corrected chi connectivity index (χ4v) is 1.73. The highest BCUT2D eigenvalue weighted by Gasteiger charge is 2.09. The highest BCUT2D eigenvalue weighted by Crippen LogP contribution is 2.12. The summed E-state index contributed by atoms with van der Waals surface area (Å²) < 4.78 is 1.74. The molecule has 0 spiro atoms. The van der Waals surface area contributed by atoms with Crippen molar-refractivity contribution in [1.29, 1.82) is 0 Å². The first kappa shape index (κ1) is 13.5. The smallest absolute Gasteiger partial charge is 0.153 e.